The predicted octanol–water partition coefficient (Wildman–Crippen LogP) is 3.54. The Labute approximate surface area is 110 Å². The van der Waals surface area contributed by atoms with E-state index in [4.69, 9.17) is 4.74 Å². The van der Waals surface area contributed by atoms with Crippen LogP contribution in [0.2, 0.25) is 0 Å². The molecule has 0 aliphatic heterocycles. The fraction of sp³-hybridized carbons (Fsp3) is 0.571. The summed E-state index contributed by atoms with van der Waals surface area (Å²) in [7, 11) is 0. The topological polar surface area (TPSA) is 21.3 Å². The first-order valence-corrected chi connectivity index (χ1v) is 6.34. The smallest absolute Gasteiger partial charge is 0.123 e. The second-order valence-electron chi connectivity index (χ2n) is 4.40. The van der Waals surface area contributed by atoms with E-state index in [1.54, 1.807) is 0 Å². The maximum atomic E-state index is 5.61. The minimum absolute atomic E-state index is 0. The molecule has 0 amide bonds. The van der Waals surface area contributed by atoms with E-state index in [1.807, 2.05) is 13.0 Å². The molecule has 2 nitrogen and oxygen atoms in total. The Morgan fingerprint density at radius 3 is 2.65 bits per heavy atom. The molecule has 1 aromatic carbocycles. The van der Waals surface area contributed by atoms with Gasteiger partial charge < -0.3 is 10.1 Å². The average molecular weight is 256 g/mol. The van der Waals surface area contributed by atoms with E-state index in [-0.39, 0.29) is 12.4 Å². The summed E-state index contributed by atoms with van der Waals surface area (Å²) < 4.78 is 5.61. The molecule has 2 rings (SSSR count). The zero-order chi connectivity index (χ0) is 11.2. The van der Waals surface area contributed by atoms with Gasteiger partial charge in [0.15, 0.2) is 0 Å². The van der Waals surface area contributed by atoms with Gasteiger partial charge in [0, 0.05) is 18.2 Å². The molecule has 0 bridgehead atoms. The van der Waals surface area contributed by atoms with Gasteiger partial charge in [-0.05, 0) is 25.8 Å². The van der Waals surface area contributed by atoms with Gasteiger partial charge in [-0.3, -0.25) is 0 Å². The lowest BCUT2D eigenvalue weighted by Gasteiger charge is -2.14. The van der Waals surface area contributed by atoms with Crippen molar-refractivity contribution >= 4 is 12.4 Å². The van der Waals surface area contributed by atoms with Crippen molar-refractivity contribution in [1.82, 2.24) is 5.32 Å². The number of rotatable bonds is 5. The van der Waals surface area contributed by atoms with Gasteiger partial charge in [0.1, 0.15) is 5.75 Å². The van der Waals surface area contributed by atoms with E-state index >= 15 is 0 Å². The lowest BCUT2D eigenvalue weighted by molar-refractivity contribution is 0.334. The van der Waals surface area contributed by atoms with Crippen LogP contribution in [0.15, 0.2) is 24.3 Å². The van der Waals surface area contributed by atoms with Crippen LogP contribution in [0, 0.1) is 0 Å². The van der Waals surface area contributed by atoms with Crippen molar-refractivity contribution in [2.75, 3.05) is 6.61 Å². The molecular weight excluding hydrogens is 234 g/mol. The molecule has 0 spiro atoms. The number of ether oxygens (including phenoxy) is 1. The molecule has 96 valence electrons. The number of para-hydroxylation sites is 1. The molecule has 1 saturated carbocycles. The van der Waals surface area contributed by atoms with Crippen LogP contribution in [0.5, 0.6) is 5.75 Å². The molecule has 1 fully saturated rings. The average Bonchev–Trinajstić information content (AvgIpc) is 2.81. The monoisotopic (exact) mass is 255 g/mol. The van der Waals surface area contributed by atoms with Gasteiger partial charge in [-0.25, -0.2) is 0 Å². The third-order valence-corrected chi connectivity index (χ3v) is 3.21. The Kier molecular flexibility index (Phi) is 6.38. The van der Waals surface area contributed by atoms with Crippen LogP contribution in [-0.4, -0.2) is 12.6 Å². The number of hydrogen-bond acceptors (Lipinski definition) is 2. The highest BCUT2D eigenvalue weighted by molar-refractivity contribution is 5.85. The second kappa shape index (κ2) is 7.57. The first kappa shape index (κ1) is 14.3. The zero-order valence-corrected chi connectivity index (χ0v) is 11.3. The lowest BCUT2D eigenvalue weighted by atomic mass is 10.1. The van der Waals surface area contributed by atoms with Gasteiger partial charge in [0.05, 0.1) is 6.61 Å². The lowest BCUT2D eigenvalue weighted by Crippen LogP contribution is -2.25. The molecule has 1 N–H and O–H groups in total. The van der Waals surface area contributed by atoms with E-state index in [2.05, 4.69) is 23.5 Å². The summed E-state index contributed by atoms with van der Waals surface area (Å²) in [6, 6.07) is 9.02. The molecule has 0 atom stereocenters. The number of halogens is 1. The highest BCUT2D eigenvalue weighted by Crippen LogP contribution is 2.21. The normalized spacial score (nSPS) is 15.6. The van der Waals surface area contributed by atoms with E-state index < -0.39 is 0 Å². The molecule has 1 aliphatic rings. The number of benzene rings is 1. The fourth-order valence-corrected chi connectivity index (χ4v) is 2.33. The minimum Gasteiger partial charge on any atom is -0.494 e. The van der Waals surface area contributed by atoms with Crippen molar-refractivity contribution in [3.8, 4) is 5.75 Å². The molecule has 0 radical (unpaired) electrons. The quantitative estimate of drug-likeness (QED) is 0.869. The number of hydrogen-bond donors (Lipinski definition) is 1. The maximum Gasteiger partial charge on any atom is 0.123 e. The SMILES string of the molecule is CCOc1ccccc1CNC1CCCC1.Cl. The molecule has 1 aliphatic carbocycles. The largest absolute Gasteiger partial charge is 0.494 e. The summed E-state index contributed by atoms with van der Waals surface area (Å²) in [5.41, 5.74) is 1.27. The van der Waals surface area contributed by atoms with Crippen LogP contribution in [0.3, 0.4) is 0 Å². The standard InChI is InChI=1S/C14H21NO.ClH/c1-2-16-14-10-6-3-7-12(14)11-15-13-8-4-5-9-13;/h3,6-7,10,13,15H,2,4-5,8-9,11H2,1H3;1H. The first-order chi connectivity index (χ1) is 7.90. The van der Waals surface area contributed by atoms with Gasteiger partial charge in [-0.2, -0.15) is 0 Å². The van der Waals surface area contributed by atoms with E-state index in [0.29, 0.717) is 0 Å². The van der Waals surface area contributed by atoms with Crippen LogP contribution < -0.4 is 10.1 Å². The van der Waals surface area contributed by atoms with Crippen molar-refractivity contribution in [3.63, 3.8) is 0 Å². The van der Waals surface area contributed by atoms with Crippen LogP contribution in [0.4, 0.5) is 0 Å². The van der Waals surface area contributed by atoms with Crippen molar-refractivity contribution in [2.24, 2.45) is 0 Å². The van der Waals surface area contributed by atoms with Crippen LogP contribution in [0.25, 0.3) is 0 Å². The highest BCUT2D eigenvalue weighted by atomic mass is 35.5. The summed E-state index contributed by atoms with van der Waals surface area (Å²) in [6.07, 6.45) is 5.42. The Bertz CT molecular complexity index is 324. The summed E-state index contributed by atoms with van der Waals surface area (Å²) in [4.78, 5) is 0. The van der Waals surface area contributed by atoms with E-state index in [0.717, 1.165) is 24.9 Å². The summed E-state index contributed by atoms with van der Waals surface area (Å²) in [5.74, 6) is 1.02. The van der Waals surface area contributed by atoms with Crippen molar-refractivity contribution in [2.45, 2.75) is 45.2 Å². The molecule has 17 heavy (non-hydrogen) atoms. The zero-order valence-electron chi connectivity index (χ0n) is 10.4. The van der Waals surface area contributed by atoms with Gasteiger partial charge in [0.2, 0.25) is 0 Å². The Hall–Kier alpha value is -0.730. The van der Waals surface area contributed by atoms with Crippen molar-refractivity contribution in [1.29, 1.82) is 0 Å². The molecule has 1 aromatic rings. The van der Waals surface area contributed by atoms with Gasteiger partial charge >= 0.3 is 0 Å². The molecular formula is C14H22ClNO. The van der Waals surface area contributed by atoms with Crippen LogP contribution in [-0.2, 0) is 6.54 Å². The fourth-order valence-electron chi connectivity index (χ4n) is 2.33. The Morgan fingerprint density at radius 1 is 1.24 bits per heavy atom. The molecule has 0 aromatic heterocycles. The number of nitrogens with one attached hydrogen (secondary N) is 1. The second-order valence-corrected chi connectivity index (χ2v) is 4.40. The molecule has 3 heteroatoms. The Morgan fingerprint density at radius 2 is 1.94 bits per heavy atom. The van der Waals surface area contributed by atoms with Gasteiger partial charge in [0.25, 0.3) is 0 Å². The molecule has 0 saturated heterocycles. The van der Waals surface area contributed by atoms with Gasteiger partial charge in [-0.1, -0.05) is 31.0 Å². The third-order valence-electron chi connectivity index (χ3n) is 3.21. The maximum absolute atomic E-state index is 5.61. The molecule has 0 unspecified atom stereocenters. The minimum atomic E-state index is 0. The van der Waals surface area contributed by atoms with Crippen LogP contribution in [0.1, 0.15) is 38.2 Å². The van der Waals surface area contributed by atoms with Crippen molar-refractivity contribution in [3.05, 3.63) is 29.8 Å². The van der Waals surface area contributed by atoms with E-state index in [9.17, 15) is 0 Å². The molecule has 0 heterocycles. The Balaban J connectivity index is 0.00000144. The third kappa shape index (κ3) is 4.21. The summed E-state index contributed by atoms with van der Waals surface area (Å²) >= 11 is 0. The van der Waals surface area contributed by atoms with Crippen molar-refractivity contribution < 1.29 is 4.74 Å². The highest BCUT2D eigenvalue weighted by Gasteiger charge is 2.14. The van der Waals surface area contributed by atoms with E-state index in [1.165, 1.54) is 31.2 Å². The summed E-state index contributed by atoms with van der Waals surface area (Å²) in [6.45, 7) is 3.70. The first-order valence-electron chi connectivity index (χ1n) is 6.34. The van der Waals surface area contributed by atoms with Crippen LogP contribution >= 0.6 is 12.4 Å². The van der Waals surface area contributed by atoms with Gasteiger partial charge in [-0.15, -0.1) is 12.4 Å². The summed E-state index contributed by atoms with van der Waals surface area (Å²) in [5, 5.41) is 3.62. The predicted molar refractivity (Wildman–Crippen MR) is 74.0 cm³/mol.